The number of anilines is 1. The van der Waals surface area contributed by atoms with E-state index in [-0.39, 0.29) is 5.13 Å². The molecule has 0 atom stereocenters. The largest absolute Gasteiger partial charge is 0.298 e. The van der Waals surface area contributed by atoms with Gasteiger partial charge in [0, 0.05) is 10.9 Å². The Hall–Kier alpha value is -2.67. The maximum atomic E-state index is 13.6. The van der Waals surface area contributed by atoms with E-state index >= 15 is 0 Å². The van der Waals surface area contributed by atoms with Crippen molar-refractivity contribution in [3.63, 3.8) is 0 Å². The quantitative estimate of drug-likeness (QED) is 0.767. The van der Waals surface area contributed by atoms with E-state index in [0.29, 0.717) is 11.3 Å². The molecule has 2 aromatic carbocycles. The molecule has 3 rings (SSSR count). The van der Waals surface area contributed by atoms with E-state index in [4.69, 9.17) is 0 Å². The summed E-state index contributed by atoms with van der Waals surface area (Å²) in [7, 11) is 0. The summed E-state index contributed by atoms with van der Waals surface area (Å²) in [6, 6.07) is 8.98. The predicted molar refractivity (Wildman–Crippen MR) is 81.8 cm³/mol. The molecule has 1 aromatic heterocycles. The number of carbonyl (C=O) groups is 1. The molecule has 3 nitrogen and oxygen atoms in total. The first-order valence-corrected chi connectivity index (χ1v) is 7.39. The number of rotatable bonds is 3. The van der Waals surface area contributed by atoms with Gasteiger partial charge in [0.15, 0.2) is 5.13 Å². The first-order chi connectivity index (χ1) is 11.0. The van der Waals surface area contributed by atoms with Gasteiger partial charge in [-0.15, -0.1) is 11.3 Å². The number of thiazole rings is 1. The highest BCUT2D eigenvalue weighted by Gasteiger charge is 2.18. The van der Waals surface area contributed by atoms with E-state index in [1.807, 2.05) is 0 Å². The lowest BCUT2D eigenvalue weighted by molar-refractivity contribution is 0.101. The van der Waals surface area contributed by atoms with E-state index < -0.39 is 28.9 Å². The van der Waals surface area contributed by atoms with Gasteiger partial charge in [-0.25, -0.2) is 18.2 Å². The number of amides is 1. The molecule has 7 heteroatoms. The van der Waals surface area contributed by atoms with Crippen LogP contribution in [0.25, 0.3) is 11.3 Å². The van der Waals surface area contributed by atoms with Crippen molar-refractivity contribution in [1.82, 2.24) is 4.98 Å². The number of hydrogen-bond donors (Lipinski definition) is 1. The van der Waals surface area contributed by atoms with Crippen LogP contribution in [0.2, 0.25) is 0 Å². The molecule has 0 aliphatic carbocycles. The predicted octanol–water partition coefficient (Wildman–Crippen LogP) is 4.48. The maximum absolute atomic E-state index is 13.6. The molecule has 0 spiro atoms. The number of nitrogens with zero attached hydrogens (tertiary/aromatic N) is 1. The monoisotopic (exact) mass is 334 g/mol. The Morgan fingerprint density at radius 1 is 1.04 bits per heavy atom. The maximum Gasteiger partial charge on any atom is 0.263 e. The van der Waals surface area contributed by atoms with Gasteiger partial charge >= 0.3 is 0 Å². The van der Waals surface area contributed by atoms with Gasteiger partial charge in [-0.05, 0) is 24.3 Å². The van der Waals surface area contributed by atoms with Crippen molar-refractivity contribution in [3.8, 4) is 11.3 Å². The van der Waals surface area contributed by atoms with Crippen LogP contribution in [0.5, 0.6) is 0 Å². The van der Waals surface area contributed by atoms with Crippen molar-refractivity contribution >= 4 is 22.4 Å². The minimum absolute atomic E-state index is 0.164. The van der Waals surface area contributed by atoms with Gasteiger partial charge in [0.25, 0.3) is 5.91 Å². The average Bonchev–Trinajstić information content (AvgIpc) is 2.95. The molecule has 0 saturated carbocycles. The highest BCUT2D eigenvalue weighted by atomic mass is 32.1. The van der Waals surface area contributed by atoms with Crippen LogP contribution in [0.15, 0.2) is 47.8 Å². The molecule has 0 radical (unpaired) electrons. The second-order valence-electron chi connectivity index (χ2n) is 4.60. The lowest BCUT2D eigenvalue weighted by Gasteiger charge is -2.04. The summed E-state index contributed by atoms with van der Waals surface area (Å²) in [5.74, 6) is -3.25. The Morgan fingerprint density at radius 2 is 1.74 bits per heavy atom. The topological polar surface area (TPSA) is 42.0 Å². The van der Waals surface area contributed by atoms with Crippen molar-refractivity contribution in [2.24, 2.45) is 0 Å². The highest BCUT2D eigenvalue weighted by molar-refractivity contribution is 7.14. The lowest BCUT2D eigenvalue weighted by Crippen LogP contribution is -2.15. The van der Waals surface area contributed by atoms with E-state index in [1.54, 1.807) is 11.4 Å². The summed E-state index contributed by atoms with van der Waals surface area (Å²) >= 11 is 1.07. The molecule has 1 N–H and O–H groups in total. The van der Waals surface area contributed by atoms with E-state index in [1.165, 1.54) is 24.3 Å². The zero-order chi connectivity index (χ0) is 16.4. The number of hydrogen-bond acceptors (Lipinski definition) is 3. The van der Waals surface area contributed by atoms with Gasteiger partial charge in [0.1, 0.15) is 23.0 Å². The molecule has 0 unspecified atom stereocenters. The third-order valence-corrected chi connectivity index (χ3v) is 3.79. The van der Waals surface area contributed by atoms with Crippen LogP contribution in [-0.4, -0.2) is 10.9 Å². The van der Waals surface area contributed by atoms with Crippen LogP contribution >= 0.6 is 11.3 Å². The average molecular weight is 334 g/mol. The van der Waals surface area contributed by atoms with Crippen LogP contribution in [0, 0.1) is 17.5 Å². The van der Waals surface area contributed by atoms with Crippen LogP contribution in [-0.2, 0) is 0 Å². The molecule has 1 amide bonds. The van der Waals surface area contributed by atoms with E-state index in [2.05, 4.69) is 10.3 Å². The Kier molecular flexibility index (Phi) is 4.12. The summed E-state index contributed by atoms with van der Waals surface area (Å²) in [6.07, 6.45) is 0. The molecule has 0 fully saturated rings. The van der Waals surface area contributed by atoms with Crippen molar-refractivity contribution in [1.29, 1.82) is 0 Å². The molecule has 0 aliphatic rings. The van der Waals surface area contributed by atoms with Gasteiger partial charge in [0.05, 0.1) is 5.69 Å². The van der Waals surface area contributed by atoms with Gasteiger partial charge < -0.3 is 0 Å². The molecule has 0 aliphatic heterocycles. The number of halogens is 3. The van der Waals surface area contributed by atoms with E-state index in [9.17, 15) is 18.0 Å². The number of carbonyl (C=O) groups excluding carboxylic acids is 1. The minimum Gasteiger partial charge on any atom is -0.298 e. The normalized spacial score (nSPS) is 10.6. The fraction of sp³-hybridized carbons (Fsp3) is 0. The summed E-state index contributed by atoms with van der Waals surface area (Å²) in [5.41, 5.74) is 0.327. The molecular weight excluding hydrogens is 325 g/mol. The first-order valence-electron chi connectivity index (χ1n) is 6.51. The van der Waals surface area contributed by atoms with Gasteiger partial charge in [0.2, 0.25) is 0 Å². The Labute approximate surface area is 133 Å². The summed E-state index contributed by atoms with van der Waals surface area (Å²) in [6.45, 7) is 0. The standard InChI is InChI=1S/C16H9F3N2OS/c17-10-4-1-3-9(7-10)13-8-23-16(20-13)21-15(22)14-11(18)5-2-6-12(14)19/h1-8H,(H,20,21,22). The second kappa shape index (κ2) is 6.21. The third-order valence-electron chi connectivity index (χ3n) is 3.03. The zero-order valence-corrected chi connectivity index (χ0v) is 12.3. The Bertz CT molecular complexity index is 859. The molecular formula is C16H9F3N2OS. The summed E-state index contributed by atoms with van der Waals surface area (Å²) in [5, 5.41) is 4.12. The molecule has 0 bridgehead atoms. The van der Waals surface area contributed by atoms with Gasteiger partial charge in [-0.1, -0.05) is 18.2 Å². The van der Waals surface area contributed by atoms with Crippen molar-refractivity contribution in [2.45, 2.75) is 0 Å². The smallest absolute Gasteiger partial charge is 0.263 e. The molecule has 23 heavy (non-hydrogen) atoms. The van der Waals surface area contributed by atoms with Crippen LogP contribution in [0.4, 0.5) is 18.3 Å². The van der Waals surface area contributed by atoms with Crippen LogP contribution < -0.4 is 5.32 Å². The van der Waals surface area contributed by atoms with E-state index in [0.717, 1.165) is 23.5 Å². The summed E-state index contributed by atoms with van der Waals surface area (Å²) < 4.78 is 40.3. The molecule has 3 aromatic rings. The minimum atomic E-state index is -0.954. The molecule has 1 heterocycles. The molecule has 0 saturated heterocycles. The van der Waals surface area contributed by atoms with Gasteiger partial charge in [-0.3, -0.25) is 10.1 Å². The number of nitrogens with one attached hydrogen (secondary N) is 1. The van der Waals surface area contributed by atoms with Crippen LogP contribution in [0.1, 0.15) is 10.4 Å². The fourth-order valence-corrected chi connectivity index (χ4v) is 2.70. The Balaban J connectivity index is 1.83. The highest BCUT2D eigenvalue weighted by Crippen LogP contribution is 2.26. The van der Waals surface area contributed by atoms with Crippen molar-refractivity contribution in [3.05, 3.63) is 70.9 Å². The Morgan fingerprint density at radius 3 is 2.43 bits per heavy atom. The second-order valence-corrected chi connectivity index (χ2v) is 5.46. The fourth-order valence-electron chi connectivity index (χ4n) is 1.99. The first kappa shape index (κ1) is 15.2. The number of benzene rings is 2. The molecule has 116 valence electrons. The third kappa shape index (κ3) is 3.24. The SMILES string of the molecule is O=C(Nc1nc(-c2cccc(F)c2)cs1)c1c(F)cccc1F. The lowest BCUT2D eigenvalue weighted by atomic mass is 10.2. The van der Waals surface area contributed by atoms with Gasteiger partial charge in [-0.2, -0.15) is 0 Å². The zero-order valence-electron chi connectivity index (χ0n) is 11.5. The van der Waals surface area contributed by atoms with Crippen molar-refractivity contribution < 1.29 is 18.0 Å². The number of aromatic nitrogens is 1. The van der Waals surface area contributed by atoms with Crippen LogP contribution in [0.3, 0.4) is 0 Å². The van der Waals surface area contributed by atoms with Crippen molar-refractivity contribution in [2.75, 3.05) is 5.32 Å². The summed E-state index contributed by atoms with van der Waals surface area (Å²) in [4.78, 5) is 16.1.